The molecule has 156 valence electrons. The maximum atomic E-state index is 12.6. The SMILES string of the molecule is CC(C)C(NC(=O)c1ccco1)C(=O)NCc1ccc(NC(=O)c2ccco2)cc1. The summed E-state index contributed by atoms with van der Waals surface area (Å²) >= 11 is 0. The molecule has 8 nitrogen and oxygen atoms in total. The third kappa shape index (κ3) is 5.38. The highest BCUT2D eigenvalue weighted by Crippen LogP contribution is 2.12. The molecule has 30 heavy (non-hydrogen) atoms. The molecule has 8 heteroatoms. The molecular weight excluding hydrogens is 386 g/mol. The molecule has 2 aromatic heterocycles. The summed E-state index contributed by atoms with van der Waals surface area (Å²) in [6.45, 7) is 3.98. The second kappa shape index (κ2) is 9.60. The van der Waals surface area contributed by atoms with E-state index in [4.69, 9.17) is 8.83 Å². The predicted molar refractivity (Wildman–Crippen MR) is 110 cm³/mol. The summed E-state index contributed by atoms with van der Waals surface area (Å²) in [6, 6.07) is 12.7. The summed E-state index contributed by atoms with van der Waals surface area (Å²) in [5.74, 6) is -0.801. The first-order valence-electron chi connectivity index (χ1n) is 9.50. The smallest absolute Gasteiger partial charge is 0.291 e. The van der Waals surface area contributed by atoms with Crippen LogP contribution in [0.5, 0.6) is 0 Å². The second-order valence-corrected chi connectivity index (χ2v) is 7.02. The van der Waals surface area contributed by atoms with Gasteiger partial charge in [0.25, 0.3) is 11.8 Å². The van der Waals surface area contributed by atoms with Gasteiger partial charge >= 0.3 is 0 Å². The van der Waals surface area contributed by atoms with Crippen LogP contribution < -0.4 is 16.0 Å². The van der Waals surface area contributed by atoms with E-state index in [0.717, 1.165) is 5.56 Å². The largest absolute Gasteiger partial charge is 0.459 e. The molecule has 1 aromatic carbocycles. The summed E-state index contributed by atoms with van der Waals surface area (Å²) in [6.07, 6.45) is 2.84. The fraction of sp³-hybridized carbons (Fsp3) is 0.227. The van der Waals surface area contributed by atoms with Crippen LogP contribution in [0.1, 0.15) is 40.5 Å². The normalized spacial score (nSPS) is 11.7. The predicted octanol–water partition coefficient (Wildman–Crippen LogP) is 3.20. The van der Waals surface area contributed by atoms with Gasteiger partial charge in [0.1, 0.15) is 6.04 Å². The van der Waals surface area contributed by atoms with Crippen LogP contribution in [0.25, 0.3) is 0 Å². The number of hydrogen-bond acceptors (Lipinski definition) is 5. The minimum absolute atomic E-state index is 0.108. The number of carbonyl (C=O) groups excluding carboxylic acids is 3. The average molecular weight is 409 g/mol. The third-order valence-electron chi connectivity index (χ3n) is 4.40. The van der Waals surface area contributed by atoms with Crippen molar-refractivity contribution in [2.45, 2.75) is 26.4 Å². The number of amides is 3. The van der Waals surface area contributed by atoms with Crippen molar-refractivity contribution >= 4 is 23.4 Å². The van der Waals surface area contributed by atoms with Crippen molar-refractivity contribution in [3.05, 3.63) is 78.1 Å². The Morgan fingerprint density at radius 3 is 2.00 bits per heavy atom. The van der Waals surface area contributed by atoms with Crippen molar-refractivity contribution in [3.8, 4) is 0 Å². The van der Waals surface area contributed by atoms with E-state index < -0.39 is 11.9 Å². The Balaban J connectivity index is 1.53. The van der Waals surface area contributed by atoms with Gasteiger partial charge in [-0.05, 0) is 47.9 Å². The number of rotatable bonds is 8. The average Bonchev–Trinajstić information content (AvgIpc) is 3.45. The molecule has 0 spiro atoms. The molecule has 0 saturated heterocycles. The van der Waals surface area contributed by atoms with Crippen LogP contribution in [0.2, 0.25) is 0 Å². The molecule has 0 radical (unpaired) electrons. The fourth-order valence-electron chi connectivity index (χ4n) is 2.76. The molecule has 0 fully saturated rings. The van der Waals surface area contributed by atoms with Crippen LogP contribution in [-0.2, 0) is 11.3 Å². The zero-order chi connectivity index (χ0) is 21.5. The molecule has 0 aliphatic heterocycles. The first kappa shape index (κ1) is 20.9. The quantitative estimate of drug-likeness (QED) is 0.529. The van der Waals surface area contributed by atoms with E-state index in [2.05, 4.69) is 16.0 Å². The lowest BCUT2D eigenvalue weighted by Gasteiger charge is -2.21. The molecule has 0 aliphatic carbocycles. The van der Waals surface area contributed by atoms with E-state index in [1.807, 2.05) is 13.8 Å². The standard InChI is InChI=1S/C22H23N3O5/c1-14(2)19(25-21(27)18-6-4-12-30-18)22(28)23-13-15-7-9-16(10-8-15)24-20(26)17-5-3-11-29-17/h3-12,14,19H,13H2,1-2H3,(H,23,28)(H,24,26)(H,25,27). The molecule has 1 atom stereocenters. The molecule has 3 aromatic rings. The van der Waals surface area contributed by atoms with Crippen LogP contribution in [0, 0.1) is 5.92 Å². The van der Waals surface area contributed by atoms with Gasteiger partial charge in [-0.1, -0.05) is 26.0 Å². The summed E-state index contributed by atoms with van der Waals surface area (Å²) < 4.78 is 10.1. The Labute approximate surface area is 173 Å². The number of anilines is 1. The van der Waals surface area contributed by atoms with Gasteiger partial charge < -0.3 is 24.8 Å². The number of carbonyl (C=O) groups is 3. The van der Waals surface area contributed by atoms with E-state index in [9.17, 15) is 14.4 Å². The summed E-state index contributed by atoms with van der Waals surface area (Å²) in [4.78, 5) is 36.8. The van der Waals surface area contributed by atoms with Crippen LogP contribution in [0.4, 0.5) is 5.69 Å². The maximum Gasteiger partial charge on any atom is 0.291 e. The monoisotopic (exact) mass is 409 g/mol. The summed E-state index contributed by atoms with van der Waals surface area (Å²) in [5.41, 5.74) is 1.46. The maximum absolute atomic E-state index is 12.6. The second-order valence-electron chi connectivity index (χ2n) is 7.02. The lowest BCUT2D eigenvalue weighted by Crippen LogP contribution is -2.49. The van der Waals surface area contributed by atoms with Gasteiger partial charge in [0.2, 0.25) is 5.91 Å². The molecule has 0 saturated carbocycles. The van der Waals surface area contributed by atoms with Crippen molar-refractivity contribution < 1.29 is 23.2 Å². The molecule has 3 rings (SSSR count). The van der Waals surface area contributed by atoms with Crippen LogP contribution in [-0.4, -0.2) is 23.8 Å². The first-order valence-corrected chi connectivity index (χ1v) is 9.50. The number of benzene rings is 1. The zero-order valence-corrected chi connectivity index (χ0v) is 16.7. The van der Waals surface area contributed by atoms with E-state index in [1.54, 1.807) is 42.5 Å². The topological polar surface area (TPSA) is 114 Å². The molecular formula is C22H23N3O5. The Morgan fingerprint density at radius 2 is 1.47 bits per heavy atom. The van der Waals surface area contributed by atoms with Crippen LogP contribution >= 0.6 is 0 Å². The van der Waals surface area contributed by atoms with Gasteiger partial charge in [0.15, 0.2) is 11.5 Å². The molecule has 3 N–H and O–H groups in total. The summed E-state index contributed by atoms with van der Waals surface area (Å²) in [7, 11) is 0. The first-order chi connectivity index (χ1) is 14.4. The van der Waals surface area contributed by atoms with Crippen LogP contribution in [0.3, 0.4) is 0 Å². The minimum atomic E-state index is -0.700. The van der Waals surface area contributed by atoms with Gasteiger partial charge in [-0.15, -0.1) is 0 Å². The highest BCUT2D eigenvalue weighted by Gasteiger charge is 2.25. The Bertz CT molecular complexity index is 976. The van der Waals surface area contributed by atoms with E-state index in [0.29, 0.717) is 5.69 Å². The number of furan rings is 2. The number of nitrogens with one attached hydrogen (secondary N) is 3. The minimum Gasteiger partial charge on any atom is -0.459 e. The third-order valence-corrected chi connectivity index (χ3v) is 4.40. The lowest BCUT2D eigenvalue weighted by atomic mass is 10.0. The van der Waals surface area contributed by atoms with E-state index in [-0.39, 0.29) is 35.8 Å². The Morgan fingerprint density at radius 1 is 0.867 bits per heavy atom. The van der Waals surface area contributed by atoms with Crippen molar-refractivity contribution in [1.29, 1.82) is 0 Å². The molecule has 0 bridgehead atoms. The van der Waals surface area contributed by atoms with Crippen molar-refractivity contribution in [2.24, 2.45) is 5.92 Å². The zero-order valence-electron chi connectivity index (χ0n) is 16.7. The molecule has 1 unspecified atom stereocenters. The Kier molecular flexibility index (Phi) is 6.69. The van der Waals surface area contributed by atoms with Gasteiger partial charge in [-0.2, -0.15) is 0 Å². The van der Waals surface area contributed by atoms with Gasteiger partial charge in [-0.3, -0.25) is 14.4 Å². The Hall–Kier alpha value is -3.81. The highest BCUT2D eigenvalue weighted by molar-refractivity contribution is 6.02. The van der Waals surface area contributed by atoms with E-state index in [1.165, 1.54) is 18.6 Å². The van der Waals surface area contributed by atoms with Crippen molar-refractivity contribution in [2.75, 3.05) is 5.32 Å². The molecule has 0 aliphatic rings. The van der Waals surface area contributed by atoms with Gasteiger partial charge in [-0.25, -0.2) is 0 Å². The lowest BCUT2D eigenvalue weighted by molar-refractivity contribution is -0.124. The van der Waals surface area contributed by atoms with Crippen molar-refractivity contribution in [1.82, 2.24) is 10.6 Å². The highest BCUT2D eigenvalue weighted by atomic mass is 16.3. The molecule has 2 heterocycles. The fourth-order valence-corrected chi connectivity index (χ4v) is 2.76. The van der Waals surface area contributed by atoms with Crippen LogP contribution in [0.15, 0.2) is 69.9 Å². The summed E-state index contributed by atoms with van der Waals surface area (Å²) in [5, 5.41) is 8.25. The van der Waals surface area contributed by atoms with Gasteiger partial charge in [0.05, 0.1) is 12.5 Å². The van der Waals surface area contributed by atoms with Crippen molar-refractivity contribution in [3.63, 3.8) is 0 Å². The number of hydrogen-bond donors (Lipinski definition) is 3. The van der Waals surface area contributed by atoms with Gasteiger partial charge in [0, 0.05) is 12.2 Å². The van der Waals surface area contributed by atoms with E-state index >= 15 is 0 Å². The molecule has 3 amide bonds.